The molecule has 4 rings (SSSR count). The molecular weight excluding hydrogens is 348 g/mol. The molecule has 2 aromatic carbocycles. The first-order valence-corrected chi connectivity index (χ1v) is 9.21. The van der Waals surface area contributed by atoms with E-state index >= 15 is 0 Å². The van der Waals surface area contributed by atoms with Gasteiger partial charge in [-0.05, 0) is 34.5 Å². The Morgan fingerprint density at radius 2 is 1.77 bits per heavy atom. The molecule has 1 unspecified atom stereocenters. The molecular formula is C20H20N2O3S. The van der Waals surface area contributed by atoms with E-state index in [1.54, 1.807) is 32.7 Å². The van der Waals surface area contributed by atoms with Gasteiger partial charge in [-0.3, -0.25) is 0 Å². The largest absolute Gasteiger partial charge is 0.493 e. The highest BCUT2D eigenvalue weighted by atomic mass is 32.1. The van der Waals surface area contributed by atoms with Gasteiger partial charge in [0.05, 0.1) is 33.1 Å². The summed E-state index contributed by atoms with van der Waals surface area (Å²) in [6.07, 6.45) is 0.805. The minimum atomic E-state index is 0.167. The molecule has 1 aromatic heterocycles. The van der Waals surface area contributed by atoms with Gasteiger partial charge in [-0.2, -0.15) is 5.10 Å². The monoisotopic (exact) mass is 368 g/mol. The molecule has 5 nitrogen and oxygen atoms in total. The fourth-order valence-electron chi connectivity index (χ4n) is 3.32. The normalized spacial score (nSPS) is 16.3. The number of rotatable bonds is 5. The van der Waals surface area contributed by atoms with Crippen molar-refractivity contribution in [2.75, 3.05) is 21.3 Å². The van der Waals surface area contributed by atoms with Gasteiger partial charge in [0.1, 0.15) is 0 Å². The summed E-state index contributed by atoms with van der Waals surface area (Å²) in [6, 6.07) is 12.5. The number of hydrogen-bond donors (Lipinski definition) is 1. The summed E-state index contributed by atoms with van der Waals surface area (Å²) in [6.45, 7) is 0. The van der Waals surface area contributed by atoms with E-state index in [0.29, 0.717) is 17.2 Å². The lowest BCUT2D eigenvalue weighted by Crippen LogP contribution is -2.09. The van der Waals surface area contributed by atoms with Crippen LogP contribution in [0.4, 0.5) is 0 Å². The van der Waals surface area contributed by atoms with E-state index in [1.165, 1.54) is 15.6 Å². The molecule has 6 heteroatoms. The highest BCUT2D eigenvalue weighted by molar-refractivity contribution is 7.17. The Morgan fingerprint density at radius 1 is 1.04 bits per heavy atom. The third-order valence-electron chi connectivity index (χ3n) is 4.64. The minimum Gasteiger partial charge on any atom is -0.493 e. The molecule has 0 fully saturated rings. The molecule has 134 valence electrons. The number of hydrogen-bond acceptors (Lipinski definition) is 6. The second-order valence-electron chi connectivity index (χ2n) is 6.05. The predicted octanol–water partition coefficient (Wildman–Crippen LogP) is 4.37. The maximum absolute atomic E-state index is 5.46. The van der Waals surface area contributed by atoms with Gasteiger partial charge in [-0.25, -0.2) is 0 Å². The summed E-state index contributed by atoms with van der Waals surface area (Å²) >= 11 is 1.77. The molecule has 1 aliphatic heterocycles. The zero-order valence-corrected chi connectivity index (χ0v) is 15.7. The van der Waals surface area contributed by atoms with Crippen LogP contribution >= 0.6 is 11.3 Å². The van der Waals surface area contributed by atoms with Crippen LogP contribution in [0.1, 0.15) is 23.6 Å². The molecule has 0 saturated carbocycles. The molecule has 1 atom stereocenters. The first kappa shape index (κ1) is 16.7. The second kappa shape index (κ2) is 6.88. The molecule has 0 amide bonds. The van der Waals surface area contributed by atoms with Gasteiger partial charge < -0.3 is 19.6 Å². The van der Waals surface area contributed by atoms with Crippen LogP contribution in [0.3, 0.4) is 0 Å². The van der Waals surface area contributed by atoms with Gasteiger partial charge in [0.15, 0.2) is 11.5 Å². The van der Waals surface area contributed by atoms with Crippen molar-refractivity contribution in [3.63, 3.8) is 0 Å². The highest BCUT2D eigenvalue weighted by Crippen LogP contribution is 2.40. The van der Waals surface area contributed by atoms with Gasteiger partial charge >= 0.3 is 0 Å². The van der Waals surface area contributed by atoms with Crippen molar-refractivity contribution in [1.29, 1.82) is 0 Å². The lowest BCUT2D eigenvalue weighted by Gasteiger charge is -2.14. The van der Waals surface area contributed by atoms with E-state index in [0.717, 1.165) is 17.7 Å². The number of ether oxygens (including phenoxy) is 3. The number of thiophene rings is 1. The number of nitrogens with zero attached hydrogens (tertiary/aromatic N) is 1. The Bertz CT molecular complexity index is 955. The topological polar surface area (TPSA) is 52.1 Å². The number of fused-ring (bicyclic) bond motifs is 1. The fourth-order valence-corrected chi connectivity index (χ4v) is 4.33. The van der Waals surface area contributed by atoms with Crippen LogP contribution in [-0.2, 0) is 0 Å². The first-order valence-electron chi connectivity index (χ1n) is 8.33. The summed E-state index contributed by atoms with van der Waals surface area (Å²) in [5, 5.41) is 8.08. The molecule has 0 saturated heterocycles. The standard InChI is InChI=1S/C20H20N2O3S/c1-23-17-8-12(9-18(24-2)20(17)25-3)15-10-16(22-21-15)14-11-26-19-7-5-4-6-13(14)19/h4-9,11,16,22H,10H2,1-3H3. The number of hydrazone groups is 1. The Hall–Kier alpha value is -2.73. The molecule has 0 radical (unpaired) electrons. The summed E-state index contributed by atoms with van der Waals surface area (Å²) in [5.74, 6) is 1.86. The van der Waals surface area contributed by atoms with E-state index in [4.69, 9.17) is 14.2 Å². The lowest BCUT2D eigenvalue weighted by atomic mass is 9.98. The number of methoxy groups -OCH3 is 3. The average molecular weight is 368 g/mol. The SMILES string of the molecule is COc1cc(C2=NNC(c3csc4ccccc34)C2)cc(OC)c1OC. The maximum Gasteiger partial charge on any atom is 0.203 e. The Morgan fingerprint density at radius 3 is 2.46 bits per heavy atom. The summed E-state index contributed by atoms with van der Waals surface area (Å²) in [5.41, 5.74) is 6.52. The molecule has 0 bridgehead atoms. The van der Waals surface area contributed by atoms with E-state index in [1.807, 2.05) is 12.1 Å². The van der Waals surface area contributed by atoms with Crippen molar-refractivity contribution in [2.45, 2.75) is 12.5 Å². The third kappa shape index (κ3) is 2.76. The minimum absolute atomic E-state index is 0.167. The predicted molar refractivity (Wildman–Crippen MR) is 105 cm³/mol. The van der Waals surface area contributed by atoms with Crippen molar-refractivity contribution < 1.29 is 14.2 Å². The van der Waals surface area contributed by atoms with Crippen molar-refractivity contribution in [1.82, 2.24) is 5.43 Å². The molecule has 1 aliphatic rings. The van der Waals surface area contributed by atoms with Crippen LogP contribution in [0.5, 0.6) is 17.2 Å². The molecule has 1 N–H and O–H groups in total. The molecule has 2 heterocycles. The van der Waals surface area contributed by atoms with Gasteiger partial charge in [0.2, 0.25) is 5.75 Å². The van der Waals surface area contributed by atoms with Crippen molar-refractivity contribution in [3.8, 4) is 17.2 Å². The van der Waals surface area contributed by atoms with Crippen molar-refractivity contribution in [3.05, 3.63) is 52.9 Å². The van der Waals surface area contributed by atoms with Gasteiger partial charge in [-0.1, -0.05) is 18.2 Å². The Kier molecular flexibility index (Phi) is 4.42. The zero-order valence-electron chi connectivity index (χ0n) is 14.9. The second-order valence-corrected chi connectivity index (χ2v) is 6.96. The van der Waals surface area contributed by atoms with Crippen LogP contribution in [0.25, 0.3) is 10.1 Å². The van der Waals surface area contributed by atoms with E-state index in [9.17, 15) is 0 Å². The van der Waals surface area contributed by atoms with E-state index in [2.05, 4.69) is 40.2 Å². The van der Waals surface area contributed by atoms with E-state index in [-0.39, 0.29) is 6.04 Å². The zero-order chi connectivity index (χ0) is 18.1. The van der Waals surface area contributed by atoms with Crippen molar-refractivity contribution in [2.24, 2.45) is 5.10 Å². The molecule has 3 aromatic rings. The maximum atomic E-state index is 5.46. The van der Waals surface area contributed by atoms with Gasteiger partial charge in [-0.15, -0.1) is 11.3 Å². The van der Waals surface area contributed by atoms with Crippen molar-refractivity contribution >= 4 is 27.1 Å². The van der Waals surface area contributed by atoms with Gasteiger partial charge in [0.25, 0.3) is 0 Å². The summed E-state index contributed by atoms with van der Waals surface area (Å²) in [7, 11) is 4.85. The van der Waals surface area contributed by atoms with Crippen LogP contribution < -0.4 is 19.6 Å². The molecule has 26 heavy (non-hydrogen) atoms. The van der Waals surface area contributed by atoms with E-state index < -0.39 is 0 Å². The molecule has 0 aliphatic carbocycles. The third-order valence-corrected chi connectivity index (χ3v) is 5.62. The van der Waals surface area contributed by atoms with Crippen LogP contribution in [0.15, 0.2) is 46.9 Å². The lowest BCUT2D eigenvalue weighted by molar-refractivity contribution is 0.324. The van der Waals surface area contributed by atoms with Crippen LogP contribution in [-0.4, -0.2) is 27.0 Å². The average Bonchev–Trinajstić information content (AvgIpc) is 3.33. The Balaban J connectivity index is 1.64. The van der Waals surface area contributed by atoms with Crippen LogP contribution in [0.2, 0.25) is 0 Å². The fraction of sp³-hybridized carbons (Fsp3) is 0.250. The smallest absolute Gasteiger partial charge is 0.203 e. The highest BCUT2D eigenvalue weighted by Gasteiger charge is 2.25. The first-order chi connectivity index (χ1) is 12.7. The molecule has 0 spiro atoms. The number of nitrogens with one attached hydrogen (secondary N) is 1. The Labute approximate surface area is 156 Å². The summed E-state index contributed by atoms with van der Waals surface area (Å²) in [4.78, 5) is 0. The number of benzene rings is 2. The quantitative estimate of drug-likeness (QED) is 0.727. The summed E-state index contributed by atoms with van der Waals surface area (Å²) < 4.78 is 17.6. The van der Waals surface area contributed by atoms with Crippen LogP contribution in [0, 0.1) is 0 Å². The van der Waals surface area contributed by atoms with Gasteiger partial charge in [0, 0.05) is 16.7 Å².